The minimum Gasteiger partial charge on any atom is -0.320 e. The number of fused-ring (bicyclic) bond motifs is 3. The lowest BCUT2D eigenvalue weighted by Gasteiger charge is -2.30. The molecule has 4 rings (SSSR count). The van der Waals surface area contributed by atoms with Crippen molar-refractivity contribution in [2.24, 2.45) is 15.2 Å². The molecule has 0 saturated heterocycles. The number of amidine groups is 1. The van der Waals surface area contributed by atoms with E-state index in [1.807, 2.05) is 30.3 Å². The van der Waals surface area contributed by atoms with Gasteiger partial charge in [-0.15, -0.1) is 5.10 Å². The Balaban J connectivity index is 1.74. The Bertz CT molecular complexity index is 945. The number of nitrogens with zero attached hydrogens (tertiary/aromatic N) is 5. The number of hydrogen-bond acceptors (Lipinski definition) is 5. The van der Waals surface area contributed by atoms with Gasteiger partial charge in [-0.05, 0) is 31.3 Å². The minimum atomic E-state index is 0.499. The van der Waals surface area contributed by atoms with E-state index in [4.69, 9.17) is 16.6 Å². The lowest BCUT2D eigenvalue weighted by molar-refractivity contribution is 0.345. The molecule has 0 amide bonds. The summed E-state index contributed by atoms with van der Waals surface area (Å²) >= 11 is 6.36. The molecule has 0 spiro atoms. The number of benzene rings is 2. The molecule has 0 saturated carbocycles. The van der Waals surface area contributed by atoms with Crippen molar-refractivity contribution in [3.63, 3.8) is 0 Å². The van der Waals surface area contributed by atoms with Crippen LogP contribution in [0.5, 0.6) is 0 Å². The Morgan fingerprint density at radius 2 is 1.82 bits per heavy atom. The van der Waals surface area contributed by atoms with Gasteiger partial charge < -0.3 is 4.90 Å². The van der Waals surface area contributed by atoms with Gasteiger partial charge in [-0.2, -0.15) is 5.10 Å². The van der Waals surface area contributed by atoms with Crippen LogP contribution in [0.2, 0.25) is 5.02 Å². The van der Waals surface area contributed by atoms with Gasteiger partial charge in [-0.25, -0.2) is 0 Å². The van der Waals surface area contributed by atoms with Crippen molar-refractivity contribution in [1.82, 2.24) is 4.90 Å². The maximum Gasteiger partial charge on any atom is 0.154 e. The van der Waals surface area contributed by atoms with Gasteiger partial charge in [-0.1, -0.05) is 55.8 Å². The van der Waals surface area contributed by atoms with E-state index in [1.165, 1.54) is 0 Å². The maximum absolute atomic E-state index is 6.36. The van der Waals surface area contributed by atoms with E-state index in [9.17, 15) is 0 Å². The lowest BCUT2D eigenvalue weighted by Crippen LogP contribution is -2.43. The lowest BCUT2D eigenvalue weighted by atomic mass is 10.00. The van der Waals surface area contributed by atoms with Crippen molar-refractivity contribution in [2.75, 3.05) is 37.6 Å². The van der Waals surface area contributed by atoms with E-state index >= 15 is 0 Å². The Morgan fingerprint density at radius 1 is 1.04 bits per heavy atom. The third-order valence-electron chi connectivity index (χ3n) is 5.19. The van der Waals surface area contributed by atoms with Gasteiger partial charge in [0, 0.05) is 22.7 Å². The van der Waals surface area contributed by atoms with Crippen LogP contribution in [0.15, 0.2) is 63.7 Å². The van der Waals surface area contributed by atoms with Crippen molar-refractivity contribution in [3.05, 3.63) is 64.7 Å². The highest BCUT2D eigenvalue weighted by Gasteiger charge is 2.27. The number of aliphatic imine (C=N–C) groups is 1. The zero-order valence-electron chi connectivity index (χ0n) is 16.3. The second kappa shape index (κ2) is 8.25. The van der Waals surface area contributed by atoms with Crippen LogP contribution in [0, 0.1) is 0 Å². The molecule has 0 bridgehead atoms. The minimum absolute atomic E-state index is 0.499. The van der Waals surface area contributed by atoms with Crippen LogP contribution in [0.4, 0.5) is 5.69 Å². The SMILES string of the molecule is CCN(CC)CC1=NN=C2CN=C(c3ccccc3)c3cc(Cl)ccc3N2C1. The van der Waals surface area contributed by atoms with E-state index in [0.717, 1.165) is 60.3 Å². The number of halogens is 1. The molecule has 0 unspecified atom stereocenters. The first-order chi connectivity index (χ1) is 13.7. The topological polar surface area (TPSA) is 43.6 Å². The molecule has 2 aromatic carbocycles. The summed E-state index contributed by atoms with van der Waals surface area (Å²) in [7, 11) is 0. The molecule has 2 aromatic rings. The van der Waals surface area contributed by atoms with Gasteiger partial charge in [-0.3, -0.25) is 9.89 Å². The quantitative estimate of drug-likeness (QED) is 0.767. The van der Waals surface area contributed by atoms with E-state index in [0.29, 0.717) is 11.6 Å². The van der Waals surface area contributed by atoms with E-state index in [-0.39, 0.29) is 0 Å². The molecule has 6 heteroatoms. The van der Waals surface area contributed by atoms with E-state index in [1.54, 1.807) is 0 Å². The highest BCUT2D eigenvalue weighted by atomic mass is 35.5. The summed E-state index contributed by atoms with van der Waals surface area (Å²) in [6.07, 6.45) is 0. The fourth-order valence-electron chi connectivity index (χ4n) is 3.63. The van der Waals surface area contributed by atoms with Crippen molar-refractivity contribution in [2.45, 2.75) is 13.8 Å². The Morgan fingerprint density at radius 3 is 2.57 bits per heavy atom. The average molecular weight is 394 g/mol. The monoisotopic (exact) mass is 393 g/mol. The normalized spacial score (nSPS) is 16.0. The van der Waals surface area contributed by atoms with Gasteiger partial charge in [0.1, 0.15) is 0 Å². The first-order valence-electron chi connectivity index (χ1n) is 9.71. The van der Waals surface area contributed by atoms with Gasteiger partial charge in [0.25, 0.3) is 0 Å². The molecule has 0 radical (unpaired) electrons. The first kappa shape index (κ1) is 18.8. The Labute approximate surface area is 171 Å². The molecule has 2 aliphatic rings. The summed E-state index contributed by atoms with van der Waals surface area (Å²) in [4.78, 5) is 9.47. The molecular formula is C22H24ClN5. The van der Waals surface area contributed by atoms with Crippen LogP contribution < -0.4 is 4.90 Å². The maximum atomic E-state index is 6.36. The molecule has 2 aliphatic heterocycles. The predicted molar refractivity (Wildman–Crippen MR) is 118 cm³/mol. The number of rotatable bonds is 5. The van der Waals surface area contributed by atoms with Gasteiger partial charge in [0.15, 0.2) is 5.84 Å². The Hall–Kier alpha value is -2.50. The van der Waals surface area contributed by atoms with Crippen LogP contribution in [0.3, 0.4) is 0 Å². The Kier molecular flexibility index (Phi) is 5.55. The fraction of sp³-hybridized carbons (Fsp3) is 0.318. The van der Waals surface area contributed by atoms with Crippen LogP contribution >= 0.6 is 11.6 Å². The molecular weight excluding hydrogens is 370 g/mol. The van der Waals surface area contributed by atoms with Crippen molar-refractivity contribution in [1.29, 1.82) is 0 Å². The summed E-state index contributed by atoms with van der Waals surface area (Å²) in [6.45, 7) is 8.39. The van der Waals surface area contributed by atoms with Crippen LogP contribution in [0.25, 0.3) is 0 Å². The molecule has 28 heavy (non-hydrogen) atoms. The molecule has 0 aromatic heterocycles. The third-order valence-corrected chi connectivity index (χ3v) is 5.43. The van der Waals surface area contributed by atoms with Crippen molar-refractivity contribution in [3.8, 4) is 0 Å². The van der Waals surface area contributed by atoms with Crippen molar-refractivity contribution >= 4 is 34.5 Å². The van der Waals surface area contributed by atoms with Gasteiger partial charge in [0.05, 0.1) is 30.2 Å². The highest BCUT2D eigenvalue weighted by molar-refractivity contribution is 6.32. The summed E-state index contributed by atoms with van der Waals surface area (Å²) in [5, 5.41) is 9.74. The summed E-state index contributed by atoms with van der Waals surface area (Å²) in [6, 6.07) is 16.2. The zero-order valence-corrected chi connectivity index (χ0v) is 17.0. The molecule has 0 fully saturated rings. The van der Waals surface area contributed by atoms with Crippen LogP contribution in [-0.2, 0) is 0 Å². The molecule has 5 nitrogen and oxygen atoms in total. The smallest absolute Gasteiger partial charge is 0.154 e. The molecule has 0 aliphatic carbocycles. The van der Waals surface area contributed by atoms with Crippen LogP contribution in [-0.4, -0.2) is 54.9 Å². The molecule has 2 heterocycles. The largest absolute Gasteiger partial charge is 0.320 e. The third kappa shape index (κ3) is 3.73. The van der Waals surface area contributed by atoms with Gasteiger partial charge >= 0.3 is 0 Å². The van der Waals surface area contributed by atoms with E-state index in [2.05, 4.69) is 52.0 Å². The first-order valence-corrected chi connectivity index (χ1v) is 10.1. The second-order valence-corrected chi connectivity index (χ2v) is 7.36. The predicted octanol–water partition coefficient (Wildman–Crippen LogP) is 4.11. The summed E-state index contributed by atoms with van der Waals surface area (Å²) in [5.74, 6) is 0.873. The molecule has 0 atom stereocenters. The second-order valence-electron chi connectivity index (χ2n) is 6.92. The average Bonchev–Trinajstić information content (AvgIpc) is 2.89. The summed E-state index contributed by atoms with van der Waals surface area (Å²) < 4.78 is 0. The van der Waals surface area contributed by atoms with Crippen molar-refractivity contribution < 1.29 is 0 Å². The zero-order chi connectivity index (χ0) is 19.5. The molecule has 0 N–H and O–H groups in total. The van der Waals surface area contributed by atoms with Gasteiger partial charge in [0.2, 0.25) is 0 Å². The summed E-state index contributed by atoms with van der Waals surface area (Å²) in [5.41, 5.74) is 5.20. The highest BCUT2D eigenvalue weighted by Crippen LogP contribution is 2.30. The fourth-order valence-corrected chi connectivity index (χ4v) is 3.80. The van der Waals surface area contributed by atoms with Crippen LogP contribution in [0.1, 0.15) is 25.0 Å². The standard InChI is InChI=1S/C22H24ClN5/c1-3-27(4-2)14-18-15-28-20-11-10-17(23)12-19(20)22(16-8-6-5-7-9-16)24-13-21(28)26-25-18/h5-12H,3-4,13-15H2,1-2H3. The number of hydrogen-bond donors (Lipinski definition) is 0. The number of anilines is 1. The molecule has 144 valence electrons. The van der Waals surface area contributed by atoms with E-state index < -0.39 is 0 Å².